The van der Waals surface area contributed by atoms with Crippen LogP contribution in [0.4, 0.5) is 5.82 Å². The lowest BCUT2D eigenvalue weighted by Crippen LogP contribution is -2.52. The molecule has 6 heteroatoms. The fourth-order valence-electron chi connectivity index (χ4n) is 1.99. The summed E-state index contributed by atoms with van der Waals surface area (Å²) in [5.41, 5.74) is -0.871. The second kappa shape index (κ2) is 4.80. The van der Waals surface area contributed by atoms with Gasteiger partial charge in [0.2, 0.25) is 5.88 Å². The molecule has 2 N–H and O–H groups in total. The van der Waals surface area contributed by atoms with Gasteiger partial charge in [-0.05, 0) is 33.1 Å². The topological polar surface area (TPSA) is 84.3 Å². The van der Waals surface area contributed by atoms with E-state index < -0.39 is 11.5 Å². The lowest BCUT2D eigenvalue weighted by Gasteiger charge is -2.38. The molecule has 1 aromatic heterocycles. The molecule has 0 bridgehead atoms. The van der Waals surface area contributed by atoms with Crippen LogP contribution in [0.3, 0.4) is 0 Å². The van der Waals surface area contributed by atoms with Gasteiger partial charge in [0.05, 0.1) is 6.61 Å². The highest BCUT2D eigenvalue weighted by molar-refractivity contribution is 5.83. The van der Waals surface area contributed by atoms with Gasteiger partial charge in [-0.15, -0.1) is 0 Å². The van der Waals surface area contributed by atoms with Crippen molar-refractivity contribution >= 4 is 11.8 Å². The minimum Gasteiger partial charge on any atom is -0.480 e. The van der Waals surface area contributed by atoms with Crippen molar-refractivity contribution in [3.8, 4) is 5.88 Å². The van der Waals surface area contributed by atoms with Gasteiger partial charge >= 0.3 is 5.97 Å². The second-order valence-electron chi connectivity index (χ2n) is 4.44. The quantitative estimate of drug-likeness (QED) is 0.827. The van der Waals surface area contributed by atoms with E-state index in [2.05, 4.69) is 15.3 Å². The summed E-state index contributed by atoms with van der Waals surface area (Å²) in [5, 5.41) is 12.3. The average Bonchev–Trinajstić information content (AvgIpc) is 2.22. The van der Waals surface area contributed by atoms with Gasteiger partial charge in [0.1, 0.15) is 17.2 Å². The minimum absolute atomic E-state index is 0.465. The number of ether oxygens (including phenoxy) is 1. The van der Waals surface area contributed by atoms with Crippen LogP contribution in [0, 0.1) is 6.92 Å². The van der Waals surface area contributed by atoms with Gasteiger partial charge in [-0.3, -0.25) is 0 Å². The Morgan fingerprint density at radius 2 is 2.28 bits per heavy atom. The Hall–Kier alpha value is -1.85. The summed E-state index contributed by atoms with van der Waals surface area (Å²) in [6.45, 7) is 4.14. The molecular formula is C12H17N3O3. The second-order valence-corrected chi connectivity index (χ2v) is 4.44. The fourth-order valence-corrected chi connectivity index (χ4v) is 1.99. The number of aliphatic carboxylic acids is 1. The number of carboxylic acid groups (broad SMARTS) is 1. The summed E-state index contributed by atoms with van der Waals surface area (Å²) < 4.78 is 5.32. The molecule has 0 atom stereocenters. The number of hydrogen-bond donors (Lipinski definition) is 2. The maximum Gasteiger partial charge on any atom is 0.329 e. The Balaban J connectivity index is 2.20. The molecule has 98 valence electrons. The minimum atomic E-state index is -0.871. The highest BCUT2D eigenvalue weighted by Gasteiger charge is 2.44. The van der Waals surface area contributed by atoms with Crippen LogP contribution in [0.25, 0.3) is 0 Å². The third kappa shape index (κ3) is 2.37. The summed E-state index contributed by atoms with van der Waals surface area (Å²) in [6, 6.07) is 1.64. The molecule has 1 aliphatic rings. The Morgan fingerprint density at radius 1 is 1.56 bits per heavy atom. The normalized spacial score (nSPS) is 16.8. The summed E-state index contributed by atoms with van der Waals surface area (Å²) in [7, 11) is 0. The number of anilines is 1. The Morgan fingerprint density at radius 3 is 2.78 bits per heavy atom. The monoisotopic (exact) mass is 251 g/mol. The molecular weight excluding hydrogens is 234 g/mol. The van der Waals surface area contributed by atoms with Crippen LogP contribution in [0.1, 0.15) is 32.0 Å². The Bertz CT molecular complexity index is 458. The molecule has 0 spiro atoms. The van der Waals surface area contributed by atoms with Gasteiger partial charge in [-0.25, -0.2) is 9.78 Å². The van der Waals surface area contributed by atoms with Crippen molar-refractivity contribution in [2.45, 2.75) is 38.6 Å². The lowest BCUT2D eigenvalue weighted by molar-refractivity contribution is -0.145. The molecule has 1 heterocycles. The van der Waals surface area contributed by atoms with Crippen molar-refractivity contribution < 1.29 is 14.6 Å². The van der Waals surface area contributed by atoms with E-state index in [1.807, 2.05) is 6.92 Å². The van der Waals surface area contributed by atoms with Crippen LogP contribution in [-0.2, 0) is 4.79 Å². The van der Waals surface area contributed by atoms with Crippen molar-refractivity contribution in [2.24, 2.45) is 0 Å². The van der Waals surface area contributed by atoms with Crippen LogP contribution in [0.15, 0.2) is 6.07 Å². The number of aromatic nitrogens is 2. The number of nitrogens with zero attached hydrogens (tertiary/aromatic N) is 2. The van der Waals surface area contributed by atoms with E-state index in [1.165, 1.54) is 0 Å². The molecule has 0 aliphatic heterocycles. The van der Waals surface area contributed by atoms with Gasteiger partial charge in [-0.2, -0.15) is 4.98 Å². The number of aryl methyl sites for hydroxylation is 1. The van der Waals surface area contributed by atoms with Gasteiger partial charge in [-0.1, -0.05) is 0 Å². The third-order valence-corrected chi connectivity index (χ3v) is 3.09. The summed E-state index contributed by atoms with van der Waals surface area (Å²) in [5.74, 6) is 0.701. The van der Waals surface area contributed by atoms with Crippen molar-refractivity contribution in [1.29, 1.82) is 0 Å². The molecule has 0 amide bonds. The van der Waals surface area contributed by atoms with Gasteiger partial charge in [0, 0.05) is 6.07 Å². The molecule has 1 saturated carbocycles. The van der Waals surface area contributed by atoms with E-state index in [-0.39, 0.29) is 0 Å². The van der Waals surface area contributed by atoms with E-state index >= 15 is 0 Å². The highest BCUT2D eigenvalue weighted by atomic mass is 16.5. The highest BCUT2D eigenvalue weighted by Crippen LogP contribution is 2.35. The van der Waals surface area contributed by atoms with E-state index in [0.717, 1.165) is 6.42 Å². The maximum atomic E-state index is 11.3. The molecule has 1 aromatic rings. The van der Waals surface area contributed by atoms with Crippen molar-refractivity contribution in [2.75, 3.05) is 11.9 Å². The SMILES string of the molecule is CCOc1cc(NC2(C(=O)O)CCC2)nc(C)n1. The van der Waals surface area contributed by atoms with E-state index in [4.69, 9.17) is 4.74 Å². The molecule has 0 unspecified atom stereocenters. The summed E-state index contributed by atoms with van der Waals surface area (Å²) in [4.78, 5) is 19.6. The standard InChI is InChI=1S/C12H17N3O3/c1-3-18-10-7-9(13-8(2)14-10)15-12(11(16)17)5-4-6-12/h7H,3-6H2,1-2H3,(H,16,17)(H,13,14,15). The zero-order valence-electron chi connectivity index (χ0n) is 10.6. The molecule has 18 heavy (non-hydrogen) atoms. The van der Waals surface area contributed by atoms with Crippen molar-refractivity contribution in [1.82, 2.24) is 9.97 Å². The molecule has 0 aromatic carbocycles. The summed E-state index contributed by atoms with van der Waals surface area (Å²) in [6.07, 6.45) is 2.16. The number of carboxylic acids is 1. The van der Waals surface area contributed by atoms with Gasteiger partial charge in [0.25, 0.3) is 0 Å². The zero-order valence-corrected chi connectivity index (χ0v) is 10.6. The van der Waals surface area contributed by atoms with Crippen molar-refractivity contribution in [3.05, 3.63) is 11.9 Å². The van der Waals surface area contributed by atoms with Crippen LogP contribution >= 0.6 is 0 Å². The molecule has 1 fully saturated rings. The van der Waals surface area contributed by atoms with Crippen LogP contribution < -0.4 is 10.1 Å². The van der Waals surface area contributed by atoms with Gasteiger partial charge in [0.15, 0.2) is 0 Å². The zero-order chi connectivity index (χ0) is 13.2. The van der Waals surface area contributed by atoms with Gasteiger partial charge < -0.3 is 15.2 Å². The summed E-state index contributed by atoms with van der Waals surface area (Å²) >= 11 is 0. The van der Waals surface area contributed by atoms with E-state index in [9.17, 15) is 9.90 Å². The average molecular weight is 251 g/mol. The number of rotatable bonds is 5. The number of carbonyl (C=O) groups is 1. The molecule has 6 nitrogen and oxygen atoms in total. The Labute approximate surface area is 105 Å². The Kier molecular flexibility index (Phi) is 3.36. The number of nitrogens with one attached hydrogen (secondary N) is 1. The first kappa shape index (κ1) is 12.6. The maximum absolute atomic E-state index is 11.3. The van der Waals surface area contributed by atoms with E-state index in [1.54, 1.807) is 13.0 Å². The first-order valence-electron chi connectivity index (χ1n) is 6.06. The first-order valence-corrected chi connectivity index (χ1v) is 6.06. The fraction of sp³-hybridized carbons (Fsp3) is 0.583. The first-order chi connectivity index (χ1) is 8.55. The smallest absolute Gasteiger partial charge is 0.329 e. The molecule has 1 aliphatic carbocycles. The molecule has 0 radical (unpaired) electrons. The molecule has 0 saturated heterocycles. The van der Waals surface area contributed by atoms with Crippen molar-refractivity contribution in [3.63, 3.8) is 0 Å². The predicted octanol–water partition coefficient (Wildman–Crippen LogP) is 1.60. The van der Waals surface area contributed by atoms with E-state index in [0.29, 0.717) is 37.0 Å². The third-order valence-electron chi connectivity index (χ3n) is 3.09. The predicted molar refractivity (Wildman–Crippen MR) is 65.8 cm³/mol. The lowest BCUT2D eigenvalue weighted by atomic mass is 9.77. The largest absolute Gasteiger partial charge is 0.480 e. The van der Waals surface area contributed by atoms with Crippen LogP contribution in [0.2, 0.25) is 0 Å². The van der Waals surface area contributed by atoms with Crippen LogP contribution in [0.5, 0.6) is 5.88 Å². The molecule has 2 rings (SSSR count). The van der Waals surface area contributed by atoms with Crippen LogP contribution in [-0.4, -0.2) is 33.2 Å². The number of hydrogen-bond acceptors (Lipinski definition) is 5.